The van der Waals surface area contributed by atoms with Gasteiger partial charge in [0.05, 0.1) is 0 Å². The van der Waals surface area contributed by atoms with Crippen molar-refractivity contribution < 1.29 is 4.79 Å². The van der Waals surface area contributed by atoms with E-state index in [-0.39, 0.29) is 5.91 Å². The molecule has 4 heteroatoms. The Labute approximate surface area is 97.8 Å². The summed E-state index contributed by atoms with van der Waals surface area (Å²) in [5.41, 5.74) is 0. The highest BCUT2D eigenvalue weighted by atomic mass is 16.1. The Kier molecular flexibility index (Phi) is 4.18. The summed E-state index contributed by atoms with van der Waals surface area (Å²) in [6, 6.07) is 1.11. The van der Waals surface area contributed by atoms with Gasteiger partial charge in [0.2, 0.25) is 5.91 Å². The van der Waals surface area contributed by atoms with Crippen LogP contribution in [-0.2, 0) is 4.79 Å². The van der Waals surface area contributed by atoms with Crippen LogP contribution in [-0.4, -0.2) is 49.6 Å². The normalized spacial score (nSPS) is 25.8. The Morgan fingerprint density at radius 3 is 2.88 bits per heavy atom. The first kappa shape index (κ1) is 11.9. The lowest BCUT2D eigenvalue weighted by Crippen LogP contribution is -2.45. The van der Waals surface area contributed by atoms with E-state index in [1.807, 2.05) is 0 Å². The van der Waals surface area contributed by atoms with Crippen LogP contribution in [0, 0.1) is 0 Å². The van der Waals surface area contributed by atoms with Gasteiger partial charge in [-0.05, 0) is 39.3 Å². The molecule has 2 rings (SSSR count). The van der Waals surface area contributed by atoms with Crippen molar-refractivity contribution >= 4 is 5.91 Å². The van der Waals surface area contributed by atoms with Crippen LogP contribution in [0.3, 0.4) is 0 Å². The third-order valence-electron chi connectivity index (χ3n) is 3.53. The number of hydrogen-bond donors (Lipinski definition) is 2. The number of nitrogens with zero attached hydrogens (tertiary/aromatic N) is 1. The van der Waals surface area contributed by atoms with Crippen molar-refractivity contribution in [2.45, 2.75) is 44.2 Å². The molecular formula is C12H23N3O. The molecule has 1 unspecified atom stereocenters. The second-order valence-electron chi connectivity index (χ2n) is 5.07. The van der Waals surface area contributed by atoms with Gasteiger partial charge in [0.1, 0.15) is 0 Å². The number of hydrogen-bond acceptors (Lipinski definition) is 3. The molecule has 2 N–H and O–H groups in total. The lowest BCUT2D eigenvalue weighted by molar-refractivity contribution is -0.121. The topological polar surface area (TPSA) is 44.4 Å². The van der Waals surface area contributed by atoms with E-state index < -0.39 is 0 Å². The first-order valence-electron chi connectivity index (χ1n) is 6.46. The Bertz CT molecular complexity index is 234. The standard InChI is InChI=1S/C12H23N3O/c1-15(11-3-2-7-13-9-11)8-6-12(16)14-10-4-5-10/h10-11,13H,2-9H2,1H3,(H,14,16). The molecule has 2 aliphatic rings. The van der Waals surface area contributed by atoms with E-state index in [2.05, 4.69) is 22.6 Å². The molecule has 1 atom stereocenters. The highest BCUT2D eigenvalue weighted by Gasteiger charge is 2.23. The van der Waals surface area contributed by atoms with Crippen LogP contribution >= 0.6 is 0 Å². The number of likely N-dealkylation sites (N-methyl/N-ethyl adjacent to an activating group) is 1. The van der Waals surface area contributed by atoms with Crippen molar-refractivity contribution in [2.24, 2.45) is 0 Å². The van der Waals surface area contributed by atoms with Crippen LogP contribution in [0.1, 0.15) is 32.1 Å². The number of amides is 1. The molecule has 1 aliphatic carbocycles. The van der Waals surface area contributed by atoms with Crippen LogP contribution in [0.5, 0.6) is 0 Å². The molecule has 1 heterocycles. The molecule has 0 bridgehead atoms. The van der Waals surface area contributed by atoms with Crippen molar-refractivity contribution in [2.75, 3.05) is 26.7 Å². The van der Waals surface area contributed by atoms with Crippen molar-refractivity contribution in [3.05, 3.63) is 0 Å². The van der Waals surface area contributed by atoms with Gasteiger partial charge in [0.25, 0.3) is 0 Å². The monoisotopic (exact) mass is 225 g/mol. The maximum atomic E-state index is 11.5. The molecule has 1 saturated carbocycles. The fraction of sp³-hybridized carbons (Fsp3) is 0.917. The van der Waals surface area contributed by atoms with Crippen molar-refractivity contribution in [3.63, 3.8) is 0 Å². The number of carbonyl (C=O) groups is 1. The molecule has 16 heavy (non-hydrogen) atoms. The van der Waals surface area contributed by atoms with Gasteiger partial charge in [-0.15, -0.1) is 0 Å². The van der Waals surface area contributed by atoms with Crippen LogP contribution in [0.15, 0.2) is 0 Å². The van der Waals surface area contributed by atoms with Gasteiger partial charge in [-0.3, -0.25) is 4.79 Å². The second-order valence-corrected chi connectivity index (χ2v) is 5.07. The van der Waals surface area contributed by atoms with Crippen molar-refractivity contribution in [1.82, 2.24) is 15.5 Å². The van der Waals surface area contributed by atoms with Crippen LogP contribution in [0.2, 0.25) is 0 Å². The van der Waals surface area contributed by atoms with Crippen molar-refractivity contribution in [1.29, 1.82) is 0 Å². The van der Waals surface area contributed by atoms with Crippen LogP contribution in [0.4, 0.5) is 0 Å². The van der Waals surface area contributed by atoms with Gasteiger partial charge in [-0.2, -0.15) is 0 Å². The summed E-state index contributed by atoms with van der Waals surface area (Å²) >= 11 is 0. The predicted molar refractivity (Wildman–Crippen MR) is 64.3 cm³/mol. The summed E-state index contributed by atoms with van der Waals surface area (Å²) in [5.74, 6) is 0.220. The van der Waals surface area contributed by atoms with E-state index in [1.54, 1.807) is 0 Å². The average molecular weight is 225 g/mol. The minimum Gasteiger partial charge on any atom is -0.353 e. The molecular weight excluding hydrogens is 202 g/mol. The number of rotatable bonds is 5. The Morgan fingerprint density at radius 2 is 2.25 bits per heavy atom. The minimum atomic E-state index is 0.220. The SMILES string of the molecule is CN(CCC(=O)NC1CC1)C1CCCNC1. The highest BCUT2D eigenvalue weighted by Crippen LogP contribution is 2.18. The smallest absolute Gasteiger partial charge is 0.221 e. The molecule has 2 fully saturated rings. The molecule has 0 aromatic rings. The van der Waals surface area contributed by atoms with Gasteiger partial charge in [-0.25, -0.2) is 0 Å². The zero-order chi connectivity index (χ0) is 11.4. The third-order valence-corrected chi connectivity index (χ3v) is 3.53. The quantitative estimate of drug-likeness (QED) is 0.709. The van der Waals surface area contributed by atoms with Gasteiger partial charge < -0.3 is 15.5 Å². The number of piperidine rings is 1. The zero-order valence-corrected chi connectivity index (χ0v) is 10.2. The summed E-state index contributed by atoms with van der Waals surface area (Å²) < 4.78 is 0. The molecule has 92 valence electrons. The van der Waals surface area contributed by atoms with Gasteiger partial charge >= 0.3 is 0 Å². The second kappa shape index (κ2) is 5.64. The maximum absolute atomic E-state index is 11.5. The Balaban J connectivity index is 1.61. The van der Waals surface area contributed by atoms with Crippen molar-refractivity contribution in [3.8, 4) is 0 Å². The predicted octanol–water partition coefficient (Wildman–Crippen LogP) is 0.339. The zero-order valence-electron chi connectivity index (χ0n) is 10.2. The van der Waals surface area contributed by atoms with Crippen LogP contribution < -0.4 is 10.6 Å². The lowest BCUT2D eigenvalue weighted by Gasteiger charge is -2.31. The van der Waals surface area contributed by atoms with E-state index >= 15 is 0 Å². The highest BCUT2D eigenvalue weighted by molar-refractivity contribution is 5.76. The summed E-state index contributed by atoms with van der Waals surface area (Å²) in [6.45, 7) is 3.10. The van der Waals surface area contributed by atoms with E-state index in [0.717, 1.165) is 19.6 Å². The summed E-state index contributed by atoms with van der Waals surface area (Å²) in [7, 11) is 2.13. The summed E-state index contributed by atoms with van der Waals surface area (Å²) in [5, 5.41) is 6.43. The summed E-state index contributed by atoms with van der Waals surface area (Å²) in [6.07, 6.45) is 5.50. The summed E-state index contributed by atoms with van der Waals surface area (Å²) in [4.78, 5) is 13.8. The molecule has 1 amide bonds. The molecule has 1 aliphatic heterocycles. The molecule has 0 radical (unpaired) electrons. The molecule has 1 saturated heterocycles. The molecule has 0 aromatic carbocycles. The first-order chi connectivity index (χ1) is 7.75. The number of nitrogens with one attached hydrogen (secondary N) is 2. The van der Waals surface area contributed by atoms with Gasteiger partial charge in [0, 0.05) is 31.6 Å². The Morgan fingerprint density at radius 1 is 1.44 bits per heavy atom. The molecule has 4 nitrogen and oxygen atoms in total. The first-order valence-corrected chi connectivity index (χ1v) is 6.46. The van der Waals surface area contributed by atoms with Crippen LogP contribution in [0.25, 0.3) is 0 Å². The third kappa shape index (κ3) is 3.76. The number of carbonyl (C=O) groups excluding carboxylic acids is 1. The Hall–Kier alpha value is -0.610. The maximum Gasteiger partial charge on any atom is 0.221 e. The molecule has 0 spiro atoms. The fourth-order valence-corrected chi connectivity index (χ4v) is 2.20. The van der Waals surface area contributed by atoms with E-state index in [9.17, 15) is 4.79 Å². The van der Waals surface area contributed by atoms with E-state index in [4.69, 9.17) is 0 Å². The largest absolute Gasteiger partial charge is 0.353 e. The average Bonchev–Trinajstić information content (AvgIpc) is 3.11. The van der Waals surface area contributed by atoms with Gasteiger partial charge in [-0.1, -0.05) is 0 Å². The van der Waals surface area contributed by atoms with E-state index in [1.165, 1.54) is 25.7 Å². The fourth-order valence-electron chi connectivity index (χ4n) is 2.20. The van der Waals surface area contributed by atoms with Gasteiger partial charge in [0.15, 0.2) is 0 Å². The minimum absolute atomic E-state index is 0.220. The van der Waals surface area contributed by atoms with E-state index in [0.29, 0.717) is 18.5 Å². The molecule has 0 aromatic heterocycles. The lowest BCUT2D eigenvalue weighted by atomic mass is 10.1.